The predicted octanol–water partition coefficient (Wildman–Crippen LogP) is 1.01. The highest BCUT2D eigenvalue weighted by atomic mass is 16.5. The van der Waals surface area contributed by atoms with Gasteiger partial charge in [-0.2, -0.15) is 0 Å². The van der Waals surface area contributed by atoms with E-state index in [1.165, 1.54) is 0 Å². The molecule has 0 saturated carbocycles. The van der Waals surface area contributed by atoms with E-state index in [9.17, 15) is 9.59 Å². The van der Waals surface area contributed by atoms with E-state index in [4.69, 9.17) is 9.84 Å². The van der Waals surface area contributed by atoms with Crippen LogP contribution in [-0.4, -0.2) is 65.3 Å². The number of ether oxygens (including phenoxy) is 1. The summed E-state index contributed by atoms with van der Waals surface area (Å²) in [7, 11) is 0. The van der Waals surface area contributed by atoms with Crippen molar-refractivity contribution in [2.75, 3.05) is 26.2 Å². The first-order valence-electron chi connectivity index (χ1n) is 6.90. The van der Waals surface area contributed by atoms with Crippen molar-refractivity contribution in [1.82, 2.24) is 9.80 Å². The van der Waals surface area contributed by atoms with Crippen molar-refractivity contribution >= 4 is 12.0 Å². The SMILES string of the molecule is CCC1COC(C)CN1C(=O)N1CC(CC(=O)O)C1. The lowest BCUT2D eigenvalue weighted by atomic mass is 9.96. The molecule has 2 aliphatic rings. The largest absolute Gasteiger partial charge is 0.481 e. The summed E-state index contributed by atoms with van der Waals surface area (Å²) in [6.45, 7) is 6.36. The number of likely N-dealkylation sites (tertiary alicyclic amines) is 1. The summed E-state index contributed by atoms with van der Waals surface area (Å²) in [5.41, 5.74) is 0. The molecule has 19 heavy (non-hydrogen) atoms. The van der Waals surface area contributed by atoms with Crippen LogP contribution in [0.5, 0.6) is 0 Å². The third-order valence-corrected chi connectivity index (χ3v) is 3.88. The van der Waals surface area contributed by atoms with Crippen molar-refractivity contribution in [3.63, 3.8) is 0 Å². The summed E-state index contributed by atoms with van der Waals surface area (Å²) in [5.74, 6) is -0.677. The predicted molar refractivity (Wildman–Crippen MR) is 68.9 cm³/mol. The molecule has 0 spiro atoms. The van der Waals surface area contributed by atoms with Crippen LogP contribution >= 0.6 is 0 Å². The van der Waals surface area contributed by atoms with E-state index in [0.717, 1.165) is 6.42 Å². The third-order valence-electron chi connectivity index (χ3n) is 3.88. The monoisotopic (exact) mass is 270 g/mol. The van der Waals surface area contributed by atoms with E-state index in [1.54, 1.807) is 4.90 Å². The molecule has 6 nitrogen and oxygen atoms in total. The van der Waals surface area contributed by atoms with Gasteiger partial charge in [0.05, 0.1) is 25.2 Å². The second kappa shape index (κ2) is 5.77. The normalized spacial score (nSPS) is 28.1. The van der Waals surface area contributed by atoms with Crippen molar-refractivity contribution in [3.8, 4) is 0 Å². The lowest BCUT2D eigenvalue weighted by molar-refractivity contribution is -0.139. The number of morpholine rings is 1. The quantitative estimate of drug-likeness (QED) is 0.831. The van der Waals surface area contributed by atoms with Gasteiger partial charge in [0.25, 0.3) is 0 Å². The fraction of sp³-hybridized carbons (Fsp3) is 0.846. The van der Waals surface area contributed by atoms with Gasteiger partial charge in [0, 0.05) is 25.6 Å². The van der Waals surface area contributed by atoms with E-state index < -0.39 is 5.97 Å². The highest BCUT2D eigenvalue weighted by molar-refractivity contribution is 5.76. The van der Waals surface area contributed by atoms with Crippen molar-refractivity contribution < 1.29 is 19.4 Å². The summed E-state index contributed by atoms with van der Waals surface area (Å²) < 4.78 is 5.58. The topological polar surface area (TPSA) is 70.1 Å². The van der Waals surface area contributed by atoms with Gasteiger partial charge < -0.3 is 19.6 Å². The summed E-state index contributed by atoms with van der Waals surface area (Å²) >= 11 is 0. The van der Waals surface area contributed by atoms with Crippen LogP contribution in [0.25, 0.3) is 0 Å². The zero-order valence-corrected chi connectivity index (χ0v) is 11.5. The minimum absolute atomic E-state index is 0.0311. The summed E-state index contributed by atoms with van der Waals surface area (Å²) in [6, 6.07) is 0.172. The Morgan fingerprint density at radius 3 is 2.58 bits per heavy atom. The number of hydrogen-bond acceptors (Lipinski definition) is 3. The summed E-state index contributed by atoms with van der Waals surface area (Å²) in [5, 5.41) is 8.71. The van der Waals surface area contributed by atoms with Crippen molar-refractivity contribution in [2.45, 2.75) is 38.8 Å². The van der Waals surface area contributed by atoms with Crippen LogP contribution in [0.4, 0.5) is 4.79 Å². The molecule has 0 aromatic rings. The molecule has 0 aromatic heterocycles. The maximum absolute atomic E-state index is 12.4. The van der Waals surface area contributed by atoms with Gasteiger partial charge in [0.2, 0.25) is 0 Å². The lowest BCUT2D eigenvalue weighted by Crippen LogP contribution is -2.60. The molecule has 6 heteroatoms. The molecule has 0 aliphatic carbocycles. The Hall–Kier alpha value is -1.30. The second-order valence-corrected chi connectivity index (χ2v) is 5.51. The van der Waals surface area contributed by atoms with Gasteiger partial charge in [-0.3, -0.25) is 4.79 Å². The fourth-order valence-electron chi connectivity index (χ4n) is 2.70. The number of amides is 2. The zero-order chi connectivity index (χ0) is 14.0. The van der Waals surface area contributed by atoms with Gasteiger partial charge in [-0.25, -0.2) is 4.79 Å². The highest BCUT2D eigenvalue weighted by Gasteiger charge is 2.38. The minimum Gasteiger partial charge on any atom is -0.481 e. The number of carbonyl (C=O) groups excluding carboxylic acids is 1. The Kier molecular flexibility index (Phi) is 4.29. The Bertz CT molecular complexity index is 355. The average Bonchev–Trinajstić information content (AvgIpc) is 2.32. The van der Waals surface area contributed by atoms with Gasteiger partial charge in [-0.1, -0.05) is 6.92 Å². The number of urea groups is 1. The van der Waals surface area contributed by atoms with Gasteiger partial charge in [0.1, 0.15) is 0 Å². The molecule has 2 unspecified atom stereocenters. The van der Waals surface area contributed by atoms with E-state index in [2.05, 4.69) is 0 Å². The Morgan fingerprint density at radius 2 is 2.00 bits per heavy atom. The second-order valence-electron chi connectivity index (χ2n) is 5.51. The van der Waals surface area contributed by atoms with Crippen LogP contribution in [-0.2, 0) is 9.53 Å². The van der Waals surface area contributed by atoms with Gasteiger partial charge in [0.15, 0.2) is 0 Å². The molecule has 2 rings (SSSR count). The molecule has 2 amide bonds. The maximum Gasteiger partial charge on any atom is 0.320 e. The van der Waals surface area contributed by atoms with E-state index >= 15 is 0 Å². The number of aliphatic carboxylic acids is 1. The highest BCUT2D eigenvalue weighted by Crippen LogP contribution is 2.23. The number of hydrogen-bond donors (Lipinski definition) is 1. The van der Waals surface area contributed by atoms with E-state index in [-0.39, 0.29) is 30.5 Å². The average molecular weight is 270 g/mol. The summed E-state index contributed by atoms with van der Waals surface area (Å²) in [6.07, 6.45) is 1.11. The van der Waals surface area contributed by atoms with Gasteiger partial charge in [-0.05, 0) is 13.3 Å². The molecule has 2 atom stereocenters. The molecule has 0 aromatic carbocycles. The number of carboxylic acids is 1. The molecule has 0 bridgehead atoms. The molecule has 2 heterocycles. The molecule has 108 valence electrons. The number of rotatable bonds is 3. The fourth-order valence-corrected chi connectivity index (χ4v) is 2.70. The summed E-state index contributed by atoms with van der Waals surface area (Å²) in [4.78, 5) is 26.6. The minimum atomic E-state index is -0.788. The first kappa shape index (κ1) is 14.1. The van der Waals surface area contributed by atoms with Crippen LogP contribution in [0.15, 0.2) is 0 Å². The molecular formula is C13H22N2O4. The Morgan fingerprint density at radius 1 is 1.32 bits per heavy atom. The van der Waals surface area contributed by atoms with E-state index in [1.807, 2.05) is 18.7 Å². The van der Waals surface area contributed by atoms with E-state index in [0.29, 0.717) is 26.2 Å². The molecule has 2 aliphatic heterocycles. The smallest absolute Gasteiger partial charge is 0.320 e. The van der Waals surface area contributed by atoms with Crippen LogP contribution in [0.3, 0.4) is 0 Å². The Labute approximate surface area is 113 Å². The van der Waals surface area contributed by atoms with Crippen molar-refractivity contribution in [3.05, 3.63) is 0 Å². The van der Waals surface area contributed by atoms with Gasteiger partial charge >= 0.3 is 12.0 Å². The Balaban J connectivity index is 1.87. The van der Waals surface area contributed by atoms with Crippen LogP contribution < -0.4 is 0 Å². The number of nitrogens with zero attached hydrogens (tertiary/aromatic N) is 2. The third kappa shape index (κ3) is 3.18. The van der Waals surface area contributed by atoms with Crippen molar-refractivity contribution in [2.24, 2.45) is 5.92 Å². The van der Waals surface area contributed by atoms with Crippen LogP contribution in [0, 0.1) is 5.92 Å². The zero-order valence-electron chi connectivity index (χ0n) is 11.5. The lowest BCUT2D eigenvalue weighted by Gasteiger charge is -2.45. The first-order chi connectivity index (χ1) is 9.01. The number of carbonyl (C=O) groups is 2. The molecule has 2 fully saturated rings. The first-order valence-corrected chi connectivity index (χ1v) is 6.90. The number of carboxylic acid groups (broad SMARTS) is 1. The molecule has 2 saturated heterocycles. The van der Waals surface area contributed by atoms with Gasteiger partial charge in [-0.15, -0.1) is 0 Å². The molecule has 0 radical (unpaired) electrons. The molecular weight excluding hydrogens is 248 g/mol. The van der Waals surface area contributed by atoms with Crippen LogP contribution in [0.2, 0.25) is 0 Å². The molecule has 1 N–H and O–H groups in total. The standard InChI is InChI=1S/C13H22N2O4/c1-3-11-8-19-9(2)5-15(11)13(18)14-6-10(7-14)4-12(16)17/h9-11H,3-8H2,1-2H3,(H,16,17). The van der Waals surface area contributed by atoms with Crippen molar-refractivity contribution in [1.29, 1.82) is 0 Å². The van der Waals surface area contributed by atoms with Crippen LogP contribution in [0.1, 0.15) is 26.7 Å². The maximum atomic E-state index is 12.4.